The molecule has 1 spiro atoms. The molecule has 0 N–H and O–H groups in total. The van der Waals surface area contributed by atoms with Gasteiger partial charge in [-0.05, 0) is 12.8 Å². The molecule has 1 saturated heterocycles. The third kappa shape index (κ3) is 2.11. The lowest BCUT2D eigenvalue weighted by Gasteiger charge is -2.58. The minimum absolute atomic E-state index is 0.371. The molecule has 3 rings (SSSR count). The van der Waals surface area contributed by atoms with Crippen LogP contribution in [0.15, 0.2) is 0 Å². The molecule has 0 amide bonds. The fourth-order valence-corrected chi connectivity index (χ4v) is 3.61. The Kier molecular flexibility index (Phi) is 3.43. The van der Waals surface area contributed by atoms with Crippen LogP contribution in [-0.4, -0.2) is 36.1 Å². The number of halogens is 3. The van der Waals surface area contributed by atoms with E-state index in [-0.39, 0.29) is 0 Å². The second-order valence-electron chi connectivity index (χ2n) is 6.22. The zero-order valence-electron chi connectivity index (χ0n) is 12.1. The van der Waals surface area contributed by atoms with Crippen LogP contribution in [0.1, 0.15) is 45.4 Å². The van der Waals surface area contributed by atoms with Crippen molar-refractivity contribution in [2.75, 3.05) is 0 Å². The van der Waals surface area contributed by atoms with E-state index in [0.717, 1.165) is 26.2 Å². The first-order valence-electron chi connectivity index (χ1n) is 7.35. The van der Waals surface area contributed by atoms with Gasteiger partial charge in [-0.1, -0.05) is 6.42 Å². The van der Waals surface area contributed by atoms with Crippen molar-refractivity contribution in [1.82, 2.24) is 0 Å². The first kappa shape index (κ1) is 15.6. The molecule has 3 aliphatic rings. The van der Waals surface area contributed by atoms with Crippen molar-refractivity contribution in [1.29, 1.82) is 0 Å². The highest BCUT2D eigenvalue weighted by Crippen LogP contribution is 2.61. The second-order valence-corrected chi connectivity index (χ2v) is 6.22. The van der Waals surface area contributed by atoms with Gasteiger partial charge >= 0.3 is 18.1 Å². The molecule has 2 saturated carbocycles. The van der Waals surface area contributed by atoms with Crippen LogP contribution >= 0.6 is 0 Å². The van der Waals surface area contributed by atoms with Gasteiger partial charge in [0.15, 0.2) is 5.41 Å². The number of fused-ring (bicyclic) bond motifs is 1. The summed E-state index contributed by atoms with van der Waals surface area (Å²) >= 11 is 0. The normalized spacial score (nSPS) is 37.0. The monoisotopic (exact) mass is 322 g/mol. The smallest absolute Gasteiger partial charge is 0.407 e. The lowest BCUT2D eigenvalue weighted by molar-refractivity contribution is -0.402. The van der Waals surface area contributed by atoms with Gasteiger partial charge in [0.25, 0.3) is 0 Å². The van der Waals surface area contributed by atoms with Gasteiger partial charge in [-0.15, -0.1) is 0 Å². The molecule has 0 bridgehead atoms. The maximum Gasteiger partial charge on any atom is 0.407 e. The molecule has 3 fully saturated rings. The van der Waals surface area contributed by atoms with Gasteiger partial charge < -0.3 is 14.2 Å². The molecule has 5 nitrogen and oxygen atoms in total. The molecule has 0 aromatic heterocycles. The maximum atomic E-state index is 13.4. The van der Waals surface area contributed by atoms with Crippen LogP contribution in [0, 0.1) is 5.41 Å². The van der Waals surface area contributed by atoms with Crippen LogP contribution in [0.25, 0.3) is 0 Å². The number of esters is 2. The number of rotatable bonds is 1. The zero-order valence-corrected chi connectivity index (χ0v) is 12.1. The Balaban J connectivity index is 1.90. The SMILES string of the molecule is CC(=O)O[C@H]1C[C@@]2(C(F)(F)F)C(=O)OC3(CCCCC3)O[C@@H]12. The van der Waals surface area contributed by atoms with Gasteiger partial charge in [0.05, 0.1) is 0 Å². The zero-order chi connectivity index (χ0) is 16.2. The molecular weight excluding hydrogens is 305 g/mol. The van der Waals surface area contributed by atoms with Crippen LogP contribution in [0.5, 0.6) is 0 Å². The molecule has 3 atom stereocenters. The summed E-state index contributed by atoms with van der Waals surface area (Å²) in [5.74, 6) is -3.30. The predicted octanol–water partition coefficient (Wildman–Crippen LogP) is 2.47. The molecule has 1 aliphatic heterocycles. The van der Waals surface area contributed by atoms with Crippen LogP contribution < -0.4 is 0 Å². The van der Waals surface area contributed by atoms with Gasteiger partial charge in [-0.2, -0.15) is 13.2 Å². The van der Waals surface area contributed by atoms with Gasteiger partial charge in [0.1, 0.15) is 12.2 Å². The first-order valence-corrected chi connectivity index (χ1v) is 7.35. The third-order valence-corrected chi connectivity index (χ3v) is 4.77. The first-order chi connectivity index (χ1) is 10.2. The van der Waals surface area contributed by atoms with E-state index in [9.17, 15) is 22.8 Å². The quantitative estimate of drug-likeness (QED) is 0.694. The minimum Gasteiger partial charge on any atom is -0.460 e. The number of hydrogen-bond acceptors (Lipinski definition) is 5. The molecule has 0 radical (unpaired) electrons. The Labute approximate surface area is 125 Å². The van der Waals surface area contributed by atoms with Crippen molar-refractivity contribution in [3.63, 3.8) is 0 Å². The van der Waals surface area contributed by atoms with E-state index in [0.29, 0.717) is 12.8 Å². The number of ether oxygens (including phenoxy) is 3. The molecule has 0 unspecified atom stereocenters. The average Bonchev–Trinajstić information content (AvgIpc) is 2.38. The Morgan fingerprint density at radius 3 is 2.45 bits per heavy atom. The standard InChI is InChI=1S/C14H17F3O5/c1-8(18)20-9-7-13(14(15,16)17)10(9)21-12(22-11(13)19)5-3-2-4-6-12/h9-10H,2-7H2,1H3/t9-,10-,13-/m0/s1. The summed E-state index contributed by atoms with van der Waals surface area (Å²) in [5.41, 5.74) is -2.71. The molecule has 0 aromatic carbocycles. The highest BCUT2D eigenvalue weighted by molar-refractivity contribution is 5.82. The van der Waals surface area contributed by atoms with Crippen molar-refractivity contribution in [2.45, 2.75) is 69.6 Å². The second kappa shape index (κ2) is 4.84. The molecule has 124 valence electrons. The summed E-state index contributed by atoms with van der Waals surface area (Å²) in [6.45, 7) is 1.12. The van der Waals surface area contributed by atoms with Gasteiger partial charge in [-0.25, -0.2) is 0 Å². The summed E-state index contributed by atoms with van der Waals surface area (Å²) < 4.78 is 55.9. The summed E-state index contributed by atoms with van der Waals surface area (Å²) in [6, 6.07) is 0. The largest absolute Gasteiger partial charge is 0.460 e. The Morgan fingerprint density at radius 1 is 1.27 bits per heavy atom. The summed E-state index contributed by atoms with van der Waals surface area (Å²) in [7, 11) is 0. The van der Waals surface area contributed by atoms with Gasteiger partial charge in [-0.3, -0.25) is 9.59 Å². The van der Waals surface area contributed by atoms with Crippen molar-refractivity contribution in [3.05, 3.63) is 0 Å². The maximum absolute atomic E-state index is 13.4. The Bertz CT molecular complexity index is 497. The van der Waals surface area contributed by atoms with Crippen molar-refractivity contribution < 1.29 is 37.0 Å². The van der Waals surface area contributed by atoms with Crippen molar-refractivity contribution >= 4 is 11.9 Å². The molecule has 0 aromatic rings. The molecular formula is C14H17F3O5. The third-order valence-electron chi connectivity index (χ3n) is 4.77. The van der Waals surface area contributed by atoms with E-state index in [1.54, 1.807) is 0 Å². The highest BCUT2D eigenvalue weighted by Gasteiger charge is 2.79. The van der Waals surface area contributed by atoms with E-state index < -0.39 is 47.9 Å². The summed E-state index contributed by atoms with van der Waals surface area (Å²) in [5, 5.41) is 0. The summed E-state index contributed by atoms with van der Waals surface area (Å²) in [4.78, 5) is 23.2. The van der Waals surface area contributed by atoms with Crippen molar-refractivity contribution in [2.24, 2.45) is 5.41 Å². The van der Waals surface area contributed by atoms with Crippen LogP contribution in [-0.2, 0) is 23.8 Å². The summed E-state index contributed by atoms with van der Waals surface area (Å²) in [6.07, 6.45) is -4.93. The fourth-order valence-electron chi connectivity index (χ4n) is 3.61. The topological polar surface area (TPSA) is 61.8 Å². The number of carbonyl (C=O) groups is 2. The van der Waals surface area contributed by atoms with Crippen LogP contribution in [0.2, 0.25) is 0 Å². The van der Waals surface area contributed by atoms with Gasteiger partial charge in [0, 0.05) is 26.2 Å². The lowest BCUT2D eigenvalue weighted by atomic mass is 9.62. The Hall–Kier alpha value is -1.31. The van der Waals surface area contributed by atoms with Crippen molar-refractivity contribution in [3.8, 4) is 0 Å². The highest BCUT2D eigenvalue weighted by atomic mass is 19.4. The molecule has 22 heavy (non-hydrogen) atoms. The number of alkyl halides is 3. The van der Waals surface area contributed by atoms with E-state index in [1.807, 2.05) is 0 Å². The van der Waals surface area contributed by atoms with Gasteiger partial charge in [0.2, 0.25) is 5.79 Å². The van der Waals surface area contributed by atoms with Crippen LogP contribution in [0.3, 0.4) is 0 Å². The fraction of sp³-hybridized carbons (Fsp3) is 0.857. The molecule has 8 heteroatoms. The van der Waals surface area contributed by atoms with E-state index in [4.69, 9.17) is 14.2 Å². The Morgan fingerprint density at radius 2 is 1.91 bits per heavy atom. The average molecular weight is 322 g/mol. The molecule has 2 aliphatic carbocycles. The van der Waals surface area contributed by atoms with E-state index in [1.165, 1.54) is 0 Å². The molecule has 1 heterocycles. The number of carbonyl (C=O) groups excluding carboxylic acids is 2. The predicted molar refractivity (Wildman–Crippen MR) is 65.4 cm³/mol. The van der Waals surface area contributed by atoms with E-state index >= 15 is 0 Å². The number of hydrogen-bond donors (Lipinski definition) is 0. The minimum atomic E-state index is -4.80. The van der Waals surface area contributed by atoms with Crippen LogP contribution in [0.4, 0.5) is 13.2 Å². The lowest BCUT2D eigenvalue weighted by Crippen LogP contribution is -2.75. The van der Waals surface area contributed by atoms with E-state index in [2.05, 4.69) is 0 Å².